The summed E-state index contributed by atoms with van der Waals surface area (Å²) in [5, 5.41) is 0. The summed E-state index contributed by atoms with van der Waals surface area (Å²) >= 11 is 3.33. The highest BCUT2D eigenvalue weighted by molar-refractivity contribution is 9.12. The summed E-state index contributed by atoms with van der Waals surface area (Å²) in [5.74, 6) is 6.55. The molecule has 0 saturated heterocycles. The Hall–Kier alpha value is -0.980. The Balaban J connectivity index is 1.69. The lowest BCUT2D eigenvalue weighted by atomic mass is 9.53. The molecular formula is C22H27BrO2. The van der Waals surface area contributed by atoms with Crippen molar-refractivity contribution < 1.29 is 9.47 Å². The zero-order chi connectivity index (χ0) is 17.7. The molecule has 3 heteroatoms. The van der Waals surface area contributed by atoms with E-state index in [0.717, 1.165) is 18.1 Å². The van der Waals surface area contributed by atoms with Crippen molar-refractivity contribution in [3.8, 4) is 16.5 Å². The Kier molecular flexibility index (Phi) is 4.41. The van der Waals surface area contributed by atoms with Crippen molar-refractivity contribution in [3.05, 3.63) is 29.3 Å². The van der Waals surface area contributed by atoms with Gasteiger partial charge in [-0.05, 0) is 84.4 Å². The number of aryl methyl sites for hydroxylation is 1. The lowest BCUT2D eigenvalue weighted by Gasteiger charge is -2.53. The first kappa shape index (κ1) is 17.4. The fourth-order valence-electron chi connectivity index (χ4n) is 6.35. The molecule has 3 aliphatic rings. The minimum absolute atomic E-state index is 0.160. The Labute approximate surface area is 159 Å². The quantitative estimate of drug-likeness (QED) is 0.625. The molecule has 5 atom stereocenters. The second kappa shape index (κ2) is 6.32. The molecule has 0 N–H and O–H groups in total. The van der Waals surface area contributed by atoms with Gasteiger partial charge in [0.2, 0.25) is 0 Å². The van der Waals surface area contributed by atoms with Gasteiger partial charge in [-0.2, -0.15) is 0 Å². The maximum atomic E-state index is 6.07. The van der Waals surface area contributed by atoms with Crippen LogP contribution in [0, 0.1) is 28.0 Å². The van der Waals surface area contributed by atoms with Crippen LogP contribution in [0.4, 0.5) is 0 Å². The zero-order valence-electron chi connectivity index (χ0n) is 15.4. The number of rotatable bonds is 2. The van der Waals surface area contributed by atoms with Crippen molar-refractivity contribution >= 4 is 15.9 Å². The SMILES string of the molecule is COc1ccc2c(c1)CC[C@@H]1[C@@H]2CC[C@@]2(C)[C@H]1CC[C@]2(C#CBr)OC. The first-order valence-corrected chi connectivity index (χ1v) is 10.2. The van der Waals surface area contributed by atoms with Gasteiger partial charge < -0.3 is 9.47 Å². The Morgan fingerprint density at radius 1 is 1.16 bits per heavy atom. The maximum Gasteiger partial charge on any atom is 0.134 e. The maximum absolute atomic E-state index is 6.07. The van der Waals surface area contributed by atoms with E-state index in [1.54, 1.807) is 12.7 Å². The smallest absolute Gasteiger partial charge is 0.134 e. The van der Waals surface area contributed by atoms with Crippen LogP contribution in [0.25, 0.3) is 0 Å². The first-order valence-electron chi connectivity index (χ1n) is 9.43. The van der Waals surface area contributed by atoms with Gasteiger partial charge in [0.05, 0.1) is 7.11 Å². The molecule has 2 saturated carbocycles. The number of benzene rings is 1. The van der Waals surface area contributed by atoms with E-state index in [-0.39, 0.29) is 11.0 Å². The van der Waals surface area contributed by atoms with Crippen LogP contribution in [0.3, 0.4) is 0 Å². The minimum atomic E-state index is -0.285. The van der Waals surface area contributed by atoms with Gasteiger partial charge in [0, 0.05) is 28.5 Å². The molecule has 0 spiro atoms. The van der Waals surface area contributed by atoms with Crippen molar-refractivity contribution in [1.82, 2.24) is 0 Å². The Morgan fingerprint density at radius 3 is 2.72 bits per heavy atom. The molecule has 4 rings (SSSR count). The predicted octanol–water partition coefficient (Wildman–Crippen LogP) is 5.29. The van der Waals surface area contributed by atoms with Gasteiger partial charge in [0.1, 0.15) is 11.4 Å². The van der Waals surface area contributed by atoms with Crippen LogP contribution in [-0.4, -0.2) is 19.8 Å². The summed E-state index contributed by atoms with van der Waals surface area (Å²) in [6.45, 7) is 2.44. The number of methoxy groups -OCH3 is 2. The molecule has 2 fully saturated rings. The molecule has 3 aliphatic carbocycles. The van der Waals surface area contributed by atoms with Crippen molar-refractivity contribution in [3.63, 3.8) is 0 Å². The lowest BCUT2D eigenvalue weighted by molar-refractivity contribution is -0.0885. The molecule has 0 amide bonds. The summed E-state index contributed by atoms with van der Waals surface area (Å²) in [6.07, 6.45) is 7.18. The van der Waals surface area contributed by atoms with Crippen LogP contribution in [0.15, 0.2) is 18.2 Å². The van der Waals surface area contributed by atoms with Gasteiger partial charge >= 0.3 is 0 Å². The molecule has 0 aliphatic heterocycles. The van der Waals surface area contributed by atoms with Crippen LogP contribution in [-0.2, 0) is 11.2 Å². The fourth-order valence-corrected chi connectivity index (χ4v) is 6.67. The molecule has 0 radical (unpaired) electrons. The van der Waals surface area contributed by atoms with Gasteiger partial charge in [-0.1, -0.05) is 18.9 Å². The van der Waals surface area contributed by atoms with Crippen LogP contribution < -0.4 is 4.74 Å². The molecule has 0 aromatic heterocycles. The number of halogens is 1. The molecular weight excluding hydrogens is 376 g/mol. The fraction of sp³-hybridized carbons (Fsp3) is 0.636. The van der Waals surface area contributed by atoms with Crippen LogP contribution in [0.5, 0.6) is 5.75 Å². The highest BCUT2D eigenvalue weighted by atomic mass is 79.9. The largest absolute Gasteiger partial charge is 0.497 e. The minimum Gasteiger partial charge on any atom is -0.497 e. The zero-order valence-corrected chi connectivity index (χ0v) is 17.0. The van der Waals surface area contributed by atoms with Crippen molar-refractivity contribution in [2.45, 2.75) is 57.0 Å². The molecule has 0 unspecified atom stereocenters. The average Bonchev–Trinajstić information content (AvgIpc) is 2.94. The van der Waals surface area contributed by atoms with E-state index in [1.807, 2.05) is 7.11 Å². The molecule has 0 bridgehead atoms. The summed E-state index contributed by atoms with van der Waals surface area (Å²) < 4.78 is 11.5. The third-order valence-corrected chi connectivity index (χ3v) is 7.85. The van der Waals surface area contributed by atoms with Crippen molar-refractivity contribution in [2.24, 2.45) is 17.3 Å². The van der Waals surface area contributed by atoms with Crippen molar-refractivity contribution in [1.29, 1.82) is 0 Å². The predicted molar refractivity (Wildman–Crippen MR) is 104 cm³/mol. The van der Waals surface area contributed by atoms with Crippen LogP contribution in [0.1, 0.15) is 56.1 Å². The Bertz CT molecular complexity index is 733. The van der Waals surface area contributed by atoms with Gasteiger partial charge in [-0.15, -0.1) is 0 Å². The van der Waals surface area contributed by atoms with E-state index in [4.69, 9.17) is 9.47 Å². The second-order valence-electron chi connectivity index (χ2n) is 8.23. The summed E-state index contributed by atoms with van der Waals surface area (Å²) in [7, 11) is 3.60. The van der Waals surface area contributed by atoms with Crippen molar-refractivity contribution in [2.75, 3.05) is 14.2 Å². The topological polar surface area (TPSA) is 18.5 Å². The van der Waals surface area contributed by atoms with E-state index in [9.17, 15) is 0 Å². The monoisotopic (exact) mass is 402 g/mol. The highest BCUT2D eigenvalue weighted by Gasteiger charge is 2.62. The normalized spacial score (nSPS) is 38.8. The lowest BCUT2D eigenvalue weighted by Crippen LogP contribution is -2.51. The number of hydrogen-bond donors (Lipinski definition) is 0. The summed E-state index contributed by atoms with van der Waals surface area (Å²) in [6, 6.07) is 6.72. The molecule has 1 aromatic rings. The molecule has 25 heavy (non-hydrogen) atoms. The number of fused-ring (bicyclic) bond motifs is 5. The van der Waals surface area contributed by atoms with E-state index >= 15 is 0 Å². The number of hydrogen-bond acceptors (Lipinski definition) is 2. The molecule has 1 aromatic carbocycles. The third-order valence-electron chi connectivity index (χ3n) is 7.65. The summed E-state index contributed by atoms with van der Waals surface area (Å²) in [4.78, 5) is 2.98. The van der Waals surface area contributed by atoms with E-state index in [2.05, 4.69) is 51.8 Å². The third kappa shape index (κ3) is 2.41. The van der Waals surface area contributed by atoms with Crippen LogP contribution in [0.2, 0.25) is 0 Å². The van der Waals surface area contributed by atoms with Gasteiger partial charge in [-0.3, -0.25) is 0 Å². The molecule has 0 heterocycles. The second-order valence-corrected chi connectivity index (χ2v) is 8.62. The van der Waals surface area contributed by atoms with E-state index in [0.29, 0.717) is 11.8 Å². The first-order chi connectivity index (χ1) is 12.1. The van der Waals surface area contributed by atoms with Gasteiger partial charge in [-0.25, -0.2) is 0 Å². The van der Waals surface area contributed by atoms with E-state index < -0.39 is 0 Å². The standard InChI is InChI=1S/C22H27BrO2/c1-21-10-8-18-17-7-5-16(24-2)14-15(17)4-6-19(18)20(21)9-11-22(21,25-3)12-13-23/h5,7,14,18-20H,4,6,8-11H2,1-3H3/t18-,19-,20+,21+,22-/m1/s1. The molecule has 134 valence electrons. The number of ether oxygens (including phenoxy) is 2. The van der Waals surface area contributed by atoms with E-state index in [1.165, 1.54) is 37.7 Å². The van der Waals surface area contributed by atoms with Gasteiger partial charge in [0.15, 0.2) is 0 Å². The Morgan fingerprint density at radius 2 is 2.00 bits per heavy atom. The average molecular weight is 403 g/mol. The van der Waals surface area contributed by atoms with Crippen LogP contribution >= 0.6 is 15.9 Å². The summed E-state index contributed by atoms with van der Waals surface area (Å²) in [5.41, 5.74) is 2.95. The molecule has 2 nitrogen and oxygen atoms in total. The van der Waals surface area contributed by atoms with Gasteiger partial charge in [0.25, 0.3) is 0 Å². The highest BCUT2D eigenvalue weighted by Crippen LogP contribution is 2.65.